The van der Waals surface area contributed by atoms with Crippen LogP contribution in [0.5, 0.6) is 0 Å². The van der Waals surface area contributed by atoms with Gasteiger partial charge in [-0.25, -0.2) is 13.8 Å². The minimum Gasteiger partial charge on any atom is -0.402 e. The summed E-state index contributed by atoms with van der Waals surface area (Å²) in [5.41, 5.74) is 12.2. The van der Waals surface area contributed by atoms with Crippen molar-refractivity contribution in [1.29, 1.82) is 0 Å². The van der Waals surface area contributed by atoms with Gasteiger partial charge in [-0.05, 0) is 56.5 Å². The molecule has 2 heterocycles. The number of anilines is 1. The van der Waals surface area contributed by atoms with Gasteiger partial charge in [0.2, 0.25) is 5.91 Å². The van der Waals surface area contributed by atoms with E-state index < -0.39 is 17.2 Å². The predicted octanol–water partition coefficient (Wildman–Crippen LogP) is 6.20. The zero-order valence-electron chi connectivity index (χ0n) is 23.2. The first-order chi connectivity index (χ1) is 20.0. The highest BCUT2D eigenvalue weighted by atomic mass is 35.5. The SMILES string of the molecule is CC(C)(CN)NC(=O)Cc1ccc(Cl)c(F)c1-n1c(C2CCCCC2)nc(-c2nnc(N)o2)c1-c1ccc(F)c(Cl)c1. The highest BCUT2D eigenvalue weighted by Gasteiger charge is 2.33. The molecule has 2 aromatic carbocycles. The molecule has 2 aromatic heterocycles. The Hall–Kier alpha value is -3.54. The number of carbonyl (C=O) groups is 1. The Morgan fingerprint density at radius 3 is 2.50 bits per heavy atom. The number of amides is 1. The van der Waals surface area contributed by atoms with Crippen LogP contribution in [-0.4, -0.2) is 37.7 Å². The van der Waals surface area contributed by atoms with Crippen molar-refractivity contribution in [2.24, 2.45) is 5.73 Å². The summed E-state index contributed by atoms with van der Waals surface area (Å²) in [6, 6.07) is 6.95. The number of aromatic nitrogens is 4. The van der Waals surface area contributed by atoms with E-state index in [0.29, 0.717) is 22.6 Å². The lowest BCUT2D eigenvalue weighted by molar-refractivity contribution is -0.121. The summed E-state index contributed by atoms with van der Waals surface area (Å²) in [5.74, 6) is -1.30. The van der Waals surface area contributed by atoms with Crippen molar-refractivity contribution in [3.63, 3.8) is 0 Å². The molecule has 1 aliphatic rings. The standard InChI is InChI=1S/C29H31Cl2F2N7O2/c1-29(2,14-34)37-21(41)13-17-8-10-18(30)22(33)24(17)40-25(16-9-11-20(32)19(31)12-16)23(27-38-39-28(35)42-27)36-26(40)15-6-4-3-5-7-15/h8-12,15H,3-7,13-14,34H2,1-2H3,(H2,35,39)(H,37,41). The molecule has 13 heteroatoms. The second-order valence-corrected chi connectivity index (χ2v) is 11.9. The number of nitrogens with one attached hydrogen (secondary N) is 1. The number of imidazole rings is 1. The molecule has 4 aromatic rings. The molecule has 0 unspecified atom stereocenters. The van der Waals surface area contributed by atoms with Gasteiger partial charge < -0.3 is 21.2 Å². The molecule has 1 aliphatic carbocycles. The first-order valence-corrected chi connectivity index (χ1v) is 14.4. The van der Waals surface area contributed by atoms with Gasteiger partial charge in [0.15, 0.2) is 11.5 Å². The average molecular weight is 619 g/mol. The van der Waals surface area contributed by atoms with Crippen molar-refractivity contribution >= 4 is 35.1 Å². The molecule has 1 saturated carbocycles. The van der Waals surface area contributed by atoms with E-state index in [1.54, 1.807) is 24.5 Å². The Morgan fingerprint density at radius 2 is 1.86 bits per heavy atom. The zero-order chi connectivity index (χ0) is 30.2. The van der Waals surface area contributed by atoms with E-state index >= 15 is 4.39 Å². The van der Waals surface area contributed by atoms with Gasteiger partial charge >= 0.3 is 6.01 Å². The monoisotopic (exact) mass is 617 g/mol. The third kappa shape index (κ3) is 5.99. The Bertz CT molecular complexity index is 1630. The second-order valence-electron chi connectivity index (χ2n) is 11.1. The molecule has 222 valence electrons. The van der Waals surface area contributed by atoms with Crippen LogP contribution in [0.4, 0.5) is 14.8 Å². The van der Waals surface area contributed by atoms with E-state index in [0.717, 1.165) is 32.1 Å². The minimum absolute atomic E-state index is 0.00909. The predicted molar refractivity (Wildman–Crippen MR) is 157 cm³/mol. The van der Waals surface area contributed by atoms with E-state index in [2.05, 4.69) is 15.5 Å². The van der Waals surface area contributed by atoms with Crippen LogP contribution in [0.1, 0.15) is 63.3 Å². The Kier molecular flexibility index (Phi) is 8.54. The third-order valence-electron chi connectivity index (χ3n) is 7.43. The van der Waals surface area contributed by atoms with Gasteiger partial charge in [0.05, 0.1) is 27.8 Å². The smallest absolute Gasteiger partial charge is 0.313 e. The summed E-state index contributed by atoms with van der Waals surface area (Å²) in [7, 11) is 0. The lowest BCUT2D eigenvalue weighted by atomic mass is 9.88. The molecule has 42 heavy (non-hydrogen) atoms. The summed E-state index contributed by atoms with van der Waals surface area (Å²) >= 11 is 12.6. The molecular weight excluding hydrogens is 587 g/mol. The van der Waals surface area contributed by atoms with Crippen molar-refractivity contribution in [3.8, 4) is 28.5 Å². The number of nitrogens with zero attached hydrogens (tertiary/aromatic N) is 4. The van der Waals surface area contributed by atoms with E-state index in [4.69, 9.17) is 44.1 Å². The number of rotatable bonds is 8. The van der Waals surface area contributed by atoms with Crippen LogP contribution in [0.3, 0.4) is 0 Å². The molecule has 1 amide bonds. The van der Waals surface area contributed by atoms with Crippen molar-refractivity contribution in [1.82, 2.24) is 25.1 Å². The maximum Gasteiger partial charge on any atom is 0.313 e. The van der Waals surface area contributed by atoms with E-state index in [1.807, 2.05) is 0 Å². The van der Waals surface area contributed by atoms with Crippen molar-refractivity contribution < 1.29 is 18.0 Å². The molecule has 0 radical (unpaired) electrons. The number of benzene rings is 2. The average Bonchev–Trinajstić information content (AvgIpc) is 3.56. The minimum atomic E-state index is -0.749. The number of hydrogen-bond donors (Lipinski definition) is 3. The molecule has 0 aliphatic heterocycles. The van der Waals surface area contributed by atoms with Gasteiger partial charge in [0, 0.05) is 23.6 Å². The zero-order valence-corrected chi connectivity index (χ0v) is 24.7. The van der Waals surface area contributed by atoms with E-state index in [1.165, 1.54) is 24.3 Å². The third-order valence-corrected chi connectivity index (χ3v) is 8.01. The van der Waals surface area contributed by atoms with Crippen LogP contribution in [0, 0.1) is 11.6 Å². The van der Waals surface area contributed by atoms with Crippen LogP contribution >= 0.6 is 23.2 Å². The molecule has 5 N–H and O–H groups in total. The summed E-state index contributed by atoms with van der Waals surface area (Å²) in [6.45, 7) is 3.80. The Balaban J connectivity index is 1.82. The highest BCUT2D eigenvalue weighted by Crippen LogP contribution is 2.43. The summed E-state index contributed by atoms with van der Waals surface area (Å²) in [5, 5.41) is 10.4. The van der Waals surface area contributed by atoms with Gasteiger partial charge in [-0.3, -0.25) is 9.36 Å². The Labute approximate surface area is 251 Å². The number of nitrogens with two attached hydrogens (primary N) is 2. The number of carbonyl (C=O) groups excluding carboxylic acids is 1. The van der Waals surface area contributed by atoms with Crippen LogP contribution < -0.4 is 16.8 Å². The van der Waals surface area contributed by atoms with Crippen LogP contribution in [0.25, 0.3) is 28.5 Å². The van der Waals surface area contributed by atoms with Crippen molar-refractivity contribution in [2.45, 2.75) is 63.8 Å². The van der Waals surface area contributed by atoms with E-state index in [9.17, 15) is 9.18 Å². The van der Waals surface area contributed by atoms with Crippen LogP contribution in [0.2, 0.25) is 10.0 Å². The molecule has 5 rings (SSSR count). The quantitative estimate of drug-likeness (QED) is 0.214. The molecule has 9 nitrogen and oxygen atoms in total. The first-order valence-electron chi connectivity index (χ1n) is 13.6. The molecule has 0 spiro atoms. The second kappa shape index (κ2) is 12.0. The summed E-state index contributed by atoms with van der Waals surface area (Å²) in [6.07, 6.45) is 4.41. The van der Waals surface area contributed by atoms with Crippen molar-refractivity contribution in [3.05, 3.63) is 63.4 Å². The molecule has 1 fully saturated rings. The number of hydrogen-bond acceptors (Lipinski definition) is 7. The fourth-order valence-electron chi connectivity index (χ4n) is 5.30. The fourth-order valence-corrected chi connectivity index (χ4v) is 5.63. The lowest BCUT2D eigenvalue weighted by Crippen LogP contribution is -2.49. The maximum atomic E-state index is 16.3. The molecule has 0 bridgehead atoms. The van der Waals surface area contributed by atoms with Gasteiger partial charge in [0.1, 0.15) is 11.6 Å². The molecular formula is C29H31Cl2F2N7O2. The van der Waals surface area contributed by atoms with Gasteiger partial charge in [-0.1, -0.05) is 53.6 Å². The summed E-state index contributed by atoms with van der Waals surface area (Å²) in [4.78, 5) is 18.1. The summed E-state index contributed by atoms with van der Waals surface area (Å²) < 4.78 is 37.8. The maximum absolute atomic E-state index is 16.3. The largest absolute Gasteiger partial charge is 0.402 e. The van der Waals surface area contributed by atoms with Crippen LogP contribution in [-0.2, 0) is 11.2 Å². The Morgan fingerprint density at radius 1 is 1.12 bits per heavy atom. The van der Waals surface area contributed by atoms with Gasteiger partial charge in [-0.15, -0.1) is 5.10 Å². The first kappa shape index (κ1) is 29.9. The highest BCUT2D eigenvalue weighted by molar-refractivity contribution is 6.31. The fraction of sp³-hybridized carbons (Fsp3) is 0.379. The van der Waals surface area contributed by atoms with Crippen molar-refractivity contribution in [2.75, 3.05) is 12.3 Å². The van der Waals surface area contributed by atoms with Crippen LogP contribution in [0.15, 0.2) is 34.7 Å². The van der Waals surface area contributed by atoms with Gasteiger partial charge in [0.25, 0.3) is 5.89 Å². The topological polar surface area (TPSA) is 138 Å². The normalized spacial score (nSPS) is 14.4. The van der Waals surface area contributed by atoms with Gasteiger partial charge in [-0.2, -0.15) is 0 Å². The molecule has 0 atom stereocenters. The lowest BCUT2D eigenvalue weighted by Gasteiger charge is -2.26. The molecule has 0 saturated heterocycles. The van der Waals surface area contributed by atoms with E-state index in [-0.39, 0.29) is 58.1 Å². The number of nitrogen functional groups attached to an aromatic ring is 1. The number of halogens is 4.